The van der Waals surface area contributed by atoms with E-state index in [4.69, 9.17) is 9.47 Å². The van der Waals surface area contributed by atoms with Gasteiger partial charge in [-0.3, -0.25) is 4.79 Å². The van der Waals surface area contributed by atoms with E-state index in [1.165, 1.54) is 0 Å². The molecule has 0 spiro atoms. The Morgan fingerprint density at radius 2 is 1.70 bits per heavy atom. The topological polar surface area (TPSA) is 64.6 Å². The first-order valence-corrected chi connectivity index (χ1v) is 9.32. The first-order chi connectivity index (χ1) is 13.0. The quantitative estimate of drug-likeness (QED) is 0.719. The van der Waals surface area contributed by atoms with Crippen LogP contribution < -0.4 is 10.1 Å². The monoisotopic (exact) mass is 367 g/mol. The van der Waals surface area contributed by atoms with Gasteiger partial charge < -0.3 is 14.8 Å². The lowest BCUT2D eigenvalue weighted by atomic mass is 10.1. The Balaban J connectivity index is 1.69. The fourth-order valence-corrected chi connectivity index (χ4v) is 2.53. The molecule has 0 saturated heterocycles. The minimum atomic E-state index is -0.962. The van der Waals surface area contributed by atoms with Gasteiger partial charge in [-0.05, 0) is 43.0 Å². The van der Waals surface area contributed by atoms with Crippen LogP contribution in [-0.2, 0) is 9.53 Å². The van der Waals surface area contributed by atoms with Gasteiger partial charge >= 0.3 is 5.97 Å². The Morgan fingerprint density at radius 1 is 1.04 bits per heavy atom. The molecule has 27 heavy (non-hydrogen) atoms. The van der Waals surface area contributed by atoms with E-state index < -0.39 is 12.1 Å². The predicted octanol–water partition coefficient (Wildman–Crippen LogP) is 3.90. The van der Waals surface area contributed by atoms with Crippen molar-refractivity contribution in [3.8, 4) is 5.75 Å². The highest BCUT2D eigenvalue weighted by atomic mass is 16.5. The highest BCUT2D eigenvalue weighted by Gasteiger charge is 2.31. The van der Waals surface area contributed by atoms with Crippen molar-refractivity contribution in [1.82, 2.24) is 5.32 Å². The lowest BCUT2D eigenvalue weighted by molar-refractivity contribution is -0.130. The molecule has 1 amide bonds. The van der Waals surface area contributed by atoms with E-state index in [2.05, 4.69) is 19.2 Å². The largest absolute Gasteiger partial charge is 0.493 e. The van der Waals surface area contributed by atoms with E-state index >= 15 is 0 Å². The molecule has 0 unspecified atom stereocenters. The molecule has 1 saturated carbocycles. The molecule has 142 valence electrons. The average molecular weight is 367 g/mol. The first-order valence-electron chi connectivity index (χ1n) is 9.32. The van der Waals surface area contributed by atoms with E-state index in [-0.39, 0.29) is 11.9 Å². The van der Waals surface area contributed by atoms with Crippen LogP contribution in [0.2, 0.25) is 0 Å². The van der Waals surface area contributed by atoms with Gasteiger partial charge in [-0.25, -0.2) is 4.79 Å². The van der Waals surface area contributed by atoms with Crippen molar-refractivity contribution in [1.29, 1.82) is 0 Å². The number of carbonyl (C=O) groups is 2. The second-order valence-electron chi connectivity index (χ2n) is 7.21. The molecular weight excluding hydrogens is 342 g/mol. The Labute approximate surface area is 159 Å². The summed E-state index contributed by atoms with van der Waals surface area (Å²) in [4.78, 5) is 25.1. The van der Waals surface area contributed by atoms with Gasteiger partial charge in [0.1, 0.15) is 5.75 Å². The molecule has 0 heterocycles. The first kappa shape index (κ1) is 19.0. The molecular formula is C22H25NO4. The summed E-state index contributed by atoms with van der Waals surface area (Å²) in [6.07, 6.45) is 0.981. The summed E-state index contributed by atoms with van der Waals surface area (Å²) in [5.41, 5.74) is 1.04. The standard InChI is InChI=1S/C22H25NO4/c1-15(2)14-26-19-12-8-17(9-13-19)22(25)27-20(16-6-4-3-5-7-16)21(24)23-18-10-11-18/h3-9,12-13,15,18,20H,10-11,14H2,1-2H3,(H,23,24)/t20-/m0/s1. The summed E-state index contributed by atoms with van der Waals surface area (Å²) < 4.78 is 11.2. The minimum Gasteiger partial charge on any atom is -0.493 e. The summed E-state index contributed by atoms with van der Waals surface area (Å²) in [5, 5.41) is 2.91. The van der Waals surface area contributed by atoms with Crippen LogP contribution in [0.15, 0.2) is 54.6 Å². The van der Waals surface area contributed by atoms with Crippen molar-refractivity contribution >= 4 is 11.9 Å². The van der Waals surface area contributed by atoms with E-state index in [1.54, 1.807) is 36.4 Å². The van der Waals surface area contributed by atoms with Gasteiger partial charge in [0.15, 0.2) is 0 Å². The third-order valence-corrected chi connectivity index (χ3v) is 4.16. The lowest BCUT2D eigenvalue weighted by Gasteiger charge is -2.18. The fraction of sp³-hybridized carbons (Fsp3) is 0.364. The van der Waals surface area contributed by atoms with E-state index in [1.807, 2.05) is 18.2 Å². The summed E-state index contributed by atoms with van der Waals surface area (Å²) in [6, 6.07) is 16.0. The molecule has 5 nitrogen and oxygen atoms in total. The molecule has 2 aromatic carbocycles. The Morgan fingerprint density at radius 3 is 2.30 bits per heavy atom. The molecule has 3 rings (SSSR count). The van der Waals surface area contributed by atoms with Crippen LogP contribution in [-0.4, -0.2) is 24.5 Å². The van der Waals surface area contributed by atoms with Gasteiger partial charge in [0.25, 0.3) is 5.91 Å². The van der Waals surface area contributed by atoms with Crippen LogP contribution in [0.1, 0.15) is 48.7 Å². The molecule has 1 aliphatic rings. The molecule has 0 bridgehead atoms. The molecule has 1 N–H and O–H groups in total. The zero-order valence-corrected chi connectivity index (χ0v) is 15.7. The second kappa shape index (κ2) is 8.71. The number of nitrogens with one attached hydrogen (secondary N) is 1. The van der Waals surface area contributed by atoms with Gasteiger partial charge in [-0.2, -0.15) is 0 Å². The number of amides is 1. The molecule has 5 heteroatoms. The number of carbonyl (C=O) groups excluding carboxylic acids is 2. The Kier molecular flexibility index (Phi) is 6.12. The van der Waals surface area contributed by atoms with Crippen LogP contribution in [0.25, 0.3) is 0 Å². The van der Waals surface area contributed by atoms with Crippen molar-refractivity contribution < 1.29 is 19.1 Å². The maximum atomic E-state index is 12.6. The number of hydrogen-bond acceptors (Lipinski definition) is 4. The van der Waals surface area contributed by atoms with Gasteiger partial charge in [0.05, 0.1) is 12.2 Å². The van der Waals surface area contributed by atoms with Crippen LogP contribution in [0, 0.1) is 5.92 Å². The molecule has 2 aromatic rings. The van der Waals surface area contributed by atoms with Gasteiger partial charge in [-0.1, -0.05) is 44.2 Å². The van der Waals surface area contributed by atoms with Crippen LogP contribution in [0.5, 0.6) is 5.75 Å². The minimum absolute atomic E-state index is 0.194. The molecule has 0 aromatic heterocycles. The number of hydrogen-bond donors (Lipinski definition) is 1. The predicted molar refractivity (Wildman–Crippen MR) is 103 cm³/mol. The van der Waals surface area contributed by atoms with Crippen molar-refractivity contribution in [3.63, 3.8) is 0 Å². The summed E-state index contributed by atoms with van der Waals surface area (Å²) in [6.45, 7) is 4.76. The maximum Gasteiger partial charge on any atom is 0.339 e. The summed E-state index contributed by atoms with van der Waals surface area (Å²) in [7, 11) is 0. The summed E-state index contributed by atoms with van der Waals surface area (Å²) >= 11 is 0. The molecule has 1 atom stereocenters. The van der Waals surface area contributed by atoms with Crippen molar-refractivity contribution in [2.45, 2.75) is 38.8 Å². The van der Waals surface area contributed by atoms with Gasteiger partial charge in [-0.15, -0.1) is 0 Å². The smallest absolute Gasteiger partial charge is 0.339 e. The van der Waals surface area contributed by atoms with E-state index in [0.29, 0.717) is 29.4 Å². The molecule has 0 radical (unpaired) electrons. The number of esters is 1. The molecule has 0 aliphatic heterocycles. The average Bonchev–Trinajstić information content (AvgIpc) is 3.49. The Hall–Kier alpha value is -2.82. The van der Waals surface area contributed by atoms with Crippen LogP contribution in [0.4, 0.5) is 0 Å². The SMILES string of the molecule is CC(C)COc1ccc(C(=O)O[C@H](C(=O)NC2CC2)c2ccccc2)cc1. The molecule has 1 aliphatic carbocycles. The number of rotatable bonds is 8. The van der Waals surface area contributed by atoms with Crippen LogP contribution >= 0.6 is 0 Å². The zero-order valence-electron chi connectivity index (χ0n) is 15.7. The third kappa shape index (κ3) is 5.58. The van der Waals surface area contributed by atoms with Crippen molar-refractivity contribution in [2.75, 3.05) is 6.61 Å². The highest BCUT2D eigenvalue weighted by molar-refractivity contribution is 5.93. The van der Waals surface area contributed by atoms with E-state index in [0.717, 1.165) is 12.8 Å². The lowest BCUT2D eigenvalue weighted by Crippen LogP contribution is -2.33. The fourth-order valence-electron chi connectivity index (χ4n) is 2.53. The maximum absolute atomic E-state index is 12.6. The van der Waals surface area contributed by atoms with Crippen molar-refractivity contribution in [3.05, 3.63) is 65.7 Å². The van der Waals surface area contributed by atoms with Crippen molar-refractivity contribution in [2.24, 2.45) is 5.92 Å². The number of ether oxygens (including phenoxy) is 2. The summed E-state index contributed by atoms with van der Waals surface area (Å²) in [5.74, 6) is 0.303. The number of benzene rings is 2. The second-order valence-corrected chi connectivity index (χ2v) is 7.21. The normalized spacial score (nSPS) is 14.5. The van der Waals surface area contributed by atoms with Gasteiger partial charge in [0.2, 0.25) is 6.10 Å². The third-order valence-electron chi connectivity index (χ3n) is 4.16. The highest BCUT2D eigenvalue weighted by Crippen LogP contribution is 2.24. The van der Waals surface area contributed by atoms with E-state index in [9.17, 15) is 9.59 Å². The molecule has 1 fully saturated rings. The van der Waals surface area contributed by atoms with Gasteiger partial charge in [0, 0.05) is 11.6 Å². The van der Waals surface area contributed by atoms with Crippen LogP contribution in [0.3, 0.4) is 0 Å². The Bertz CT molecular complexity index is 767. The zero-order chi connectivity index (χ0) is 19.2.